The zero-order valence-electron chi connectivity index (χ0n) is 12.0. The van der Waals surface area contributed by atoms with E-state index in [0.717, 1.165) is 19.4 Å². The highest BCUT2D eigenvalue weighted by Crippen LogP contribution is 1.95. The summed E-state index contributed by atoms with van der Waals surface area (Å²) in [5.41, 5.74) is 0. The van der Waals surface area contributed by atoms with Gasteiger partial charge in [0.15, 0.2) is 0 Å². The van der Waals surface area contributed by atoms with Gasteiger partial charge in [0, 0.05) is 39.0 Å². The van der Waals surface area contributed by atoms with E-state index < -0.39 is 0 Å². The van der Waals surface area contributed by atoms with E-state index in [9.17, 15) is 0 Å². The quantitative estimate of drug-likeness (QED) is 0.481. The van der Waals surface area contributed by atoms with Crippen LogP contribution < -0.4 is 5.32 Å². The third-order valence-corrected chi connectivity index (χ3v) is 2.41. The summed E-state index contributed by atoms with van der Waals surface area (Å²) in [5.74, 6) is 0. The minimum atomic E-state index is 0.118. The summed E-state index contributed by atoms with van der Waals surface area (Å²) in [7, 11) is 1.69. The first-order valence-corrected chi connectivity index (χ1v) is 6.72. The molecule has 0 radical (unpaired) electrons. The Morgan fingerprint density at radius 2 is 1.67 bits per heavy atom. The van der Waals surface area contributed by atoms with Gasteiger partial charge in [-0.3, -0.25) is 0 Å². The van der Waals surface area contributed by atoms with Gasteiger partial charge in [-0.05, 0) is 12.8 Å². The van der Waals surface area contributed by atoms with Crippen LogP contribution in [0.15, 0.2) is 0 Å². The van der Waals surface area contributed by atoms with E-state index in [1.165, 1.54) is 0 Å². The Morgan fingerprint density at radius 3 is 2.22 bits per heavy atom. The van der Waals surface area contributed by atoms with E-state index in [1.807, 2.05) is 0 Å². The number of methoxy groups -OCH3 is 1. The number of aliphatic hydroxyl groups is 1. The Kier molecular flexibility index (Phi) is 13.1. The zero-order chi connectivity index (χ0) is 13.6. The molecule has 5 heteroatoms. The van der Waals surface area contributed by atoms with Gasteiger partial charge in [-0.15, -0.1) is 0 Å². The average Bonchev–Trinajstić information content (AvgIpc) is 2.35. The standard InChI is InChI=1S/C13H29NO4/c1-12(2)14-13(11-15)5-8-18-10-9-17-7-4-6-16-3/h12-15H,4-11H2,1-3H3. The van der Waals surface area contributed by atoms with Crippen LogP contribution in [0.5, 0.6) is 0 Å². The lowest BCUT2D eigenvalue weighted by molar-refractivity contribution is 0.0351. The van der Waals surface area contributed by atoms with Crippen LogP contribution in [-0.2, 0) is 14.2 Å². The van der Waals surface area contributed by atoms with Crippen LogP contribution >= 0.6 is 0 Å². The Hall–Kier alpha value is -0.200. The van der Waals surface area contributed by atoms with Crippen LogP contribution in [0, 0.1) is 0 Å². The van der Waals surface area contributed by atoms with Crippen LogP contribution in [0.25, 0.3) is 0 Å². The summed E-state index contributed by atoms with van der Waals surface area (Å²) in [5, 5.41) is 12.4. The molecule has 0 aromatic rings. The average molecular weight is 263 g/mol. The second kappa shape index (κ2) is 13.2. The highest BCUT2D eigenvalue weighted by atomic mass is 16.5. The van der Waals surface area contributed by atoms with E-state index in [2.05, 4.69) is 19.2 Å². The SMILES string of the molecule is COCCCOCCOCCC(CO)NC(C)C. The summed E-state index contributed by atoms with van der Waals surface area (Å²) < 4.78 is 15.7. The Labute approximate surface area is 111 Å². The predicted molar refractivity (Wildman–Crippen MR) is 71.9 cm³/mol. The van der Waals surface area contributed by atoms with Gasteiger partial charge in [-0.1, -0.05) is 13.8 Å². The molecule has 0 aliphatic rings. The van der Waals surface area contributed by atoms with Crippen molar-refractivity contribution >= 4 is 0 Å². The first-order chi connectivity index (χ1) is 8.70. The second-order valence-electron chi connectivity index (χ2n) is 4.56. The molecule has 0 saturated carbocycles. The van der Waals surface area contributed by atoms with Gasteiger partial charge in [0.25, 0.3) is 0 Å². The molecule has 5 nitrogen and oxygen atoms in total. The van der Waals surface area contributed by atoms with Gasteiger partial charge >= 0.3 is 0 Å². The van der Waals surface area contributed by atoms with E-state index in [0.29, 0.717) is 32.5 Å². The molecule has 2 N–H and O–H groups in total. The Morgan fingerprint density at radius 1 is 1.00 bits per heavy atom. The molecule has 0 bridgehead atoms. The summed E-state index contributed by atoms with van der Waals surface area (Å²) in [6.45, 7) is 7.60. The molecule has 0 saturated heterocycles. The maximum absolute atomic E-state index is 9.14. The van der Waals surface area contributed by atoms with E-state index in [1.54, 1.807) is 7.11 Å². The van der Waals surface area contributed by atoms with Crippen molar-refractivity contribution in [3.63, 3.8) is 0 Å². The summed E-state index contributed by atoms with van der Waals surface area (Å²) >= 11 is 0. The minimum absolute atomic E-state index is 0.118. The van der Waals surface area contributed by atoms with Gasteiger partial charge in [0.1, 0.15) is 0 Å². The fraction of sp³-hybridized carbons (Fsp3) is 1.00. The number of ether oxygens (including phenoxy) is 3. The van der Waals surface area contributed by atoms with Crippen LogP contribution in [0.1, 0.15) is 26.7 Å². The third-order valence-electron chi connectivity index (χ3n) is 2.41. The van der Waals surface area contributed by atoms with Gasteiger partial charge < -0.3 is 24.6 Å². The highest BCUT2D eigenvalue weighted by molar-refractivity contribution is 4.67. The first-order valence-electron chi connectivity index (χ1n) is 6.72. The van der Waals surface area contributed by atoms with Crippen molar-refractivity contribution in [2.24, 2.45) is 0 Å². The van der Waals surface area contributed by atoms with Crippen LogP contribution in [0.4, 0.5) is 0 Å². The molecule has 0 rings (SSSR count). The van der Waals surface area contributed by atoms with Crippen molar-refractivity contribution in [2.45, 2.75) is 38.8 Å². The molecule has 0 aliphatic carbocycles. The van der Waals surface area contributed by atoms with Crippen molar-refractivity contribution in [3.05, 3.63) is 0 Å². The maximum atomic E-state index is 9.14. The molecular formula is C13H29NO4. The number of rotatable bonds is 13. The second-order valence-corrected chi connectivity index (χ2v) is 4.56. The molecule has 0 aromatic carbocycles. The maximum Gasteiger partial charge on any atom is 0.0700 e. The summed E-state index contributed by atoms with van der Waals surface area (Å²) in [6, 6.07) is 0.499. The van der Waals surface area contributed by atoms with Crippen molar-refractivity contribution in [1.29, 1.82) is 0 Å². The van der Waals surface area contributed by atoms with Gasteiger partial charge in [-0.2, -0.15) is 0 Å². The minimum Gasteiger partial charge on any atom is -0.395 e. The molecular weight excluding hydrogens is 234 g/mol. The van der Waals surface area contributed by atoms with Gasteiger partial charge in [0.05, 0.1) is 19.8 Å². The normalized spacial score (nSPS) is 13.2. The summed E-state index contributed by atoms with van der Waals surface area (Å²) in [6.07, 6.45) is 1.74. The molecule has 0 fully saturated rings. The largest absolute Gasteiger partial charge is 0.395 e. The molecule has 0 amide bonds. The first kappa shape index (κ1) is 17.8. The molecule has 0 aliphatic heterocycles. The van der Waals surface area contributed by atoms with Crippen LogP contribution in [-0.4, -0.2) is 63.9 Å². The van der Waals surface area contributed by atoms with E-state index in [-0.39, 0.29) is 12.6 Å². The molecule has 1 unspecified atom stereocenters. The lowest BCUT2D eigenvalue weighted by Gasteiger charge is -2.18. The van der Waals surface area contributed by atoms with Gasteiger partial charge in [0.2, 0.25) is 0 Å². The molecule has 0 heterocycles. The highest BCUT2D eigenvalue weighted by Gasteiger charge is 2.07. The van der Waals surface area contributed by atoms with Crippen molar-refractivity contribution in [3.8, 4) is 0 Å². The Balaban J connectivity index is 3.23. The van der Waals surface area contributed by atoms with Crippen LogP contribution in [0.3, 0.4) is 0 Å². The molecule has 18 heavy (non-hydrogen) atoms. The fourth-order valence-electron chi connectivity index (χ4n) is 1.55. The number of nitrogens with one attached hydrogen (secondary N) is 1. The fourth-order valence-corrected chi connectivity index (χ4v) is 1.55. The van der Waals surface area contributed by atoms with Crippen LogP contribution in [0.2, 0.25) is 0 Å². The zero-order valence-corrected chi connectivity index (χ0v) is 12.0. The molecule has 0 spiro atoms. The predicted octanol–water partition coefficient (Wildman–Crippen LogP) is 0.805. The lowest BCUT2D eigenvalue weighted by atomic mass is 10.2. The number of hydrogen-bond acceptors (Lipinski definition) is 5. The summed E-state index contributed by atoms with van der Waals surface area (Å²) in [4.78, 5) is 0. The monoisotopic (exact) mass is 263 g/mol. The van der Waals surface area contributed by atoms with E-state index >= 15 is 0 Å². The Bertz CT molecular complexity index is 167. The topological polar surface area (TPSA) is 60.0 Å². The lowest BCUT2D eigenvalue weighted by Crippen LogP contribution is -2.38. The number of aliphatic hydroxyl groups excluding tert-OH is 1. The van der Waals surface area contributed by atoms with Gasteiger partial charge in [-0.25, -0.2) is 0 Å². The molecule has 110 valence electrons. The van der Waals surface area contributed by atoms with Crippen molar-refractivity contribution in [1.82, 2.24) is 5.32 Å². The smallest absolute Gasteiger partial charge is 0.0700 e. The number of hydrogen-bond donors (Lipinski definition) is 2. The molecule has 0 aromatic heterocycles. The van der Waals surface area contributed by atoms with Crippen molar-refractivity contribution < 1.29 is 19.3 Å². The van der Waals surface area contributed by atoms with E-state index in [4.69, 9.17) is 19.3 Å². The third kappa shape index (κ3) is 12.3. The van der Waals surface area contributed by atoms with Crippen molar-refractivity contribution in [2.75, 3.05) is 46.8 Å². The molecule has 1 atom stereocenters.